The van der Waals surface area contributed by atoms with Crippen LogP contribution in [-0.4, -0.2) is 17.3 Å². The van der Waals surface area contributed by atoms with Gasteiger partial charge in [0.05, 0.1) is 6.10 Å². The molecule has 0 radical (unpaired) electrons. The first kappa shape index (κ1) is 10.7. The van der Waals surface area contributed by atoms with Gasteiger partial charge in [0.2, 0.25) is 0 Å². The first-order chi connectivity index (χ1) is 6.18. The van der Waals surface area contributed by atoms with Crippen molar-refractivity contribution >= 4 is 11.3 Å². The summed E-state index contributed by atoms with van der Waals surface area (Å²) in [6, 6.07) is 2.49. The van der Waals surface area contributed by atoms with E-state index in [0.717, 1.165) is 13.0 Å². The lowest BCUT2D eigenvalue weighted by molar-refractivity contribution is 0.170. The van der Waals surface area contributed by atoms with Gasteiger partial charge in [-0.2, -0.15) is 11.3 Å². The molecule has 13 heavy (non-hydrogen) atoms. The van der Waals surface area contributed by atoms with E-state index in [0.29, 0.717) is 6.04 Å². The van der Waals surface area contributed by atoms with Gasteiger partial charge in [-0.3, -0.25) is 0 Å². The molecule has 3 heteroatoms. The second-order valence-corrected chi connectivity index (χ2v) is 4.28. The molecule has 0 fully saturated rings. The number of aliphatic hydroxyl groups excluding tert-OH is 1. The zero-order valence-corrected chi connectivity index (χ0v) is 8.97. The highest BCUT2D eigenvalue weighted by molar-refractivity contribution is 7.07. The lowest BCUT2D eigenvalue weighted by Crippen LogP contribution is -2.28. The van der Waals surface area contributed by atoms with E-state index in [-0.39, 0.29) is 6.10 Å². The highest BCUT2D eigenvalue weighted by atomic mass is 32.1. The Morgan fingerprint density at radius 2 is 2.31 bits per heavy atom. The summed E-state index contributed by atoms with van der Waals surface area (Å²) in [5, 5.41) is 16.7. The minimum absolute atomic E-state index is 0.218. The Hall–Kier alpha value is -0.380. The van der Waals surface area contributed by atoms with Crippen LogP contribution < -0.4 is 5.32 Å². The third-order valence-electron chi connectivity index (χ3n) is 1.93. The van der Waals surface area contributed by atoms with E-state index in [9.17, 15) is 0 Å². The fraction of sp³-hybridized carbons (Fsp3) is 0.600. The van der Waals surface area contributed by atoms with Crippen LogP contribution >= 0.6 is 11.3 Å². The summed E-state index contributed by atoms with van der Waals surface area (Å²) in [6.07, 6.45) is 0.592. The van der Waals surface area contributed by atoms with E-state index in [1.54, 1.807) is 11.3 Å². The van der Waals surface area contributed by atoms with Crippen molar-refractivity contribution in [2.24, 2.45) is 0 Å². The van der Waals surface area contributed by atoms with Gasteiger partial charge in [-0.05, 0) is 42.7 Å². The number of aliphatic hydroxyl groups is 1. The molecule has 0 aromatic carbocycles. The van der Waals surface area contributed by atoms with Crippen molar-refractivity contribution in [3.05, 3.63) is 22.4 Å². The normalized spacial score (nSPS) is 15.6. The molecular weight excluding hydrogens is 182 g/mol. The number of hydrogen-bond acceptors (Lipinski definition) is 3. The van der Waals surface area contributed by atoms with Crippen molar-refractivity contribution in [2.45, 2.75) is 39.0 Å². The maximum absolute atomic E-state index is 9.14. The van der Waals surface area contributed by atoms with E-state index in [1.807, 2.05) is 6.92 Å². The Balaban J connectivity index is 2.19. The minimum atomic E-state index is -0.218. The largest absolute Gasteiger partial charge is 0.393 e. The third kappa shape index (κ3) is 4.41. The highest BCUT2D eigenvalue weighted by Crippen LogP contribution is 2.06. The van der Waals surface area contributed by atoms with Crippen molar-refractivity contribution in [3.63, 3.8) is 0 Å². The zero-order chi connectivity index (χ0) is 9.68. The van der Waals surface area contributed by atoms with Crippen LogP contribution in [0.4, 0.5) is 0 Å². The van der Waals surface area contributed by atoms with E-state index in [2.05, 4.69) is 29.1 Å². The summed E-state index contributed by atoms with van der Waals surface area (Å²) in [4.78, 5) is 0. The lowest BCUT2D eigenvalue weighted by atomic mass is 10.1. The van der Waals surface area contributed by atoms with Gasteiger partial charge in [0.25, 0.3) is 0 Å². The summed E-state index contributed by atoms with van der Waals surface area (Å²) in [7, 11) is 0. The maximum atomic E-state index is 9.14. The standard InChI is InChI=1S/C10H17NOS/c1-8(5-9(2)12)11-6-10-3-4-13-7-10/h3-4,7-9,11-12H,5-6H2,1-2H3. The molecular formula is C10H17NOS. The van der Waals surface area contributed by atoms with Crippen LogP contribution in [0.1, 0.15) is 25.8 Å². The molecule has 74 valence electrons. The first-order valence-corrected chi connectivity index (χ1v) is 5.55. The molecule has 1 rings (SSSR count). The molecule has 0 spiro atoms. The van der Waals surface area contributed by atoms with Crippen molar-refractivity contribution in [3.8, 4) is 0 Å². The van der Waals surface area contributed by atoms with Gasteiger partial charge < -0.3 is 10.4 Å². The molecule has 0 aliphatic heterocycles. The predicted molar refractivity (Wildman–Crippen MR) is 56.9 cm³/mol. The summed E-state index contributed by atoms with van der Waals surface area (Å²) >= 11 is 1.72. The molecule has 0 aliphatic rings. The molecule has 2 atom stereocenters. The fourth-order valence-corrected chi connectivity index (χ4v) is 1.95. The summed E-state index contributed by atoms with van der Waals surface area (Å²) in [6.45, 7) is 4.82. The molecule has 0 amide bonds. The number of rotatable bonds is 5. The molecule has 2 unspecified atom stereocenters. The average molecular weight is 199 g/mol. The fourth-order valence-electron chi connectivity index (χ4n) is 1.28. The molecule has 1 aromatic rings. The van der Waals surface area contributed by atoms with Crippen LogP contribution in [0.25, 0.3) is 0 Å². The van der Waals surface area contributed by atoms with Gasteiger partial charge in [-0.15, -0.1) is 0 Å². The van der Waals surface area contributed by atoms with Crippen molar-refractivity contribution in [1.82, 2.24) is 5.32 Å². The van der Waals surface area contributed by atoms with Gasteiger partial charge >= 0.3 is 0 Å². The van der Waals surface area contributed by atoms with Crippen LogP contribution in [0.15, 0.2) is 16.8 Å². The SMILES string of the molecule is CC(O)CC(C)NCc1ccsc1. The zero-order valence-electron chi connectivity index (χ0n) is 8.16. The van der Waals surface area contributed by atoms with Crippen LogP contribution in [0.3, 0.4) is 0 Å². The van der Waals surface area contributed by atoms with E-state index in [4.69, 9.17) is 5.11 Å². The van der Waals surface area contributed by atoms with Gasteiger partial charge in [0.15, 0.2) is 0 Å². The summed E-state index contributed by atoms with van der Waals surface area (Å²) in [5.41, 5.74) is 1.32. The van der Waals surface area contributed by atoms with Crippen LogP contribution in [0, 0.1) is 0 Å². The van der Waals surface area contributed by atoms with Crippen molar-refractivity contribution < 1.29 is 5.11 Å². The van der Waals surface area contributed by atoms with Gasteiger partial charge in [0.1, 0.15) is 0 Å². The molecule has 2 N–H and O–H groups in total. The smallest absolute Gasteiger partial charge is 0.0526 e. The Kier molecular flexibility index (Phi) is 4.42. The van der Waals surface area contributed by atoms with Gasteiger partial charge in [0, 0.05) is 12.6 Å². The second-order valence-electron chi connectivity index (χ2n) is 3.50. The van der Waals surface area contributed by atoms with Crippen LogP contribution in [-0.2, 0) is 6.54 Å². The minimum Gasteiger partial charge on any atom is -0.393 e. The van der Waals surface area contributed by atoms with Crippen LogP contribution in [0.2, 0.25) is 0 Å². The number of nitrogens with one attached hydrogen (secondary N) is 1. The monoisotopic (exact) mass is 199 g/mol. The van der Waals surface area contributed by atoms with Gasteiger partial charge in [-0.25, -0.2) is 0 Å². The molecule has 0 saturated carbocycles. The summed E-state index contributed by atoms with van der Waals surface area (Å²) in [5.74, 6) is 0. The Labute approximate surface area is 83.6 Å². The summed E-state index contributed by atoms with van der Waals surface area (Å²) < 4.78 is 0. The third-order valence-corrected chi connectivity index (χ3v) is 2.66. The van der Waals surface area contributed by atoms with Crippen LogP contribution in [0.5, 0.6) is 0 Å². The second kappa shape index (κ2) is 5.37. The molecule has 2 nitrogen and oxygen atoms in total. The highest BCUT2D eigenvalue weighted by Gasteiger charge is 2.04. The number of thiophene rings is 1. The quantitative estimate of drug-likeness (QED) is 0.760. The first-order valence-electron chi connectivity index (χ1n) is 4.61. The Bertz CT molecular complexity index is 221. The Morgan fingerprint density at radius 1 is 1.54 bits per heavy atom. The molecule has 0 saturated heterocycles. The molecule has 1 aromatic heterocycles. The molecule has 1 heterocycles. The van der Waals surface area contributed by atoms with Crippen molar-refractivity contribution in [2.75, 3.05) is 0 Å². The predicted octanol–water partition coefficient (Wildman–Crippen LogP) is 2.00. The Morgan fingerprint density at radius 3 is 2.85 bits per heavy atom. The molecule has 0 aliphatic carbocycles. The van der Waals surface area contributed by atoms with E-state index < -0.39 is 0 Å². The molecule has 0 bridgehead atoms. The maximum Gasteiger partial charge on any atom is 0.0526 e. The van der Waals surface area contributed by atoms with E-state index in [1.165, 1.54) is 5.56 Å². The topological polar surface area (TPSA) is 32.3 Å². The van der Waals surface area contributed by atoms with E-state index >= 15 is 0 Å². The number of hydrogen-bond donors (Lipinski definition) is 2. The lowest BCUT2D eigenvalue weighted by Gasteiger charge is -2.14. The average Bonchev–Trinajstić information content (AvgIpc) is 2.51. The van der Waals surface area contributed by atoms with Crippen molar-refractivity contribution in [1.29, 1.82) is 0 Å². The van der Waals surface area contributed by atoms with Gasteiger partial charge in [-0.1, -0.05) is 0 Å².